The van der Waals surface area contributed by atoms with Crippen molar-refractivity contribution in [2.75, 3.05) is 13.7 Å². The van der Waals surface area contributed by atoms with Crippen LogP contribution in [0.5, 0.6) is 0 Å². The zero-order chi connectivity index (χ0) is 18.1. The van der Waals surface area contributed by atoms with Crippen LogP contribution in [0.15, 0.2) is 6.07 Å². The normalized spacial score (nSPS) is 22.9. The number of rotatable bonds is 4. The van der Waals surface area contributed by atoms with Gasteiger partial charge in [-0.15, -0.1) is 0 Å². The maximum Gasteiger partial charge on any atom is 0.308 e. The molecule has 1 aliphatic carbocycles. The fourth-order valence-corrected chi connectivity index (χ4v) is 3.85. The molecular weight excluding hydrogens is 332 g/mol. The van der Waals surface area contributed by atoms with Gasteiger partial charge in [-0.3, -0.25) is 9.59 Å². The van der Waals surface area contributed by atoms with Crippen LogP contribution in [0.25, 0.3) is 0 Å². The van der Waals surface area contributed by atoms with Gasteiger partial charge in [0.15, 0.2) is 0 Å². The quantitative estimate of drug-likeness (QED) is 0.844. The Kier molecular flexibility index (Phi) is 5.03. The van der Waals surface area contributed by atoms with E-state index in [9.17, 15) is 18.4 Å². The molecule has 1 heterocycles. The summed E-state index contributed by atoms with van der Waals surface area (Å²) in [5, 5.41) is 9.09. The van der Waals surface area contributed by atoms with Gasteiger partial charge >= 0.3 is 5.97 Å². The number of carbonyl (C=O) groups excluding carboxylic acids is 2. The summed E-state index contributed by atoms with van der Waals surface area (Å²) in [7, 11) is 1.38. The van der Waals surface area contributed by atoms with E-state index in [1.807, 2.05) is 0 Å². The Morgan fingerprint density at radius 2 is 2.00 bits per heavy atom. The van der Waals surface area contributed by atoms with E-state index in [4.69, 9.17) is 9.84 Å². The van der Waals surface area contributed by atoms with Crippen molar-refractivity contribution in [1.82, 2.24) is 4.90 Å². The largest absolute Gasteiger partial charge is 0.469 e. The van der Waals surface area contributed by atoms with Crippen molar-refractivity contribution in [3.63, 3.8) is 0 Å². The van der Waals surface area contributed by atoms with Gasteiger partial charge in [-0.25, -0.2) is 8.78 Å². The Labute approximate surface area is 144 Å². The number of fused-ring (bicyclic) bond motifs is 1. The van der Waals surface area contributed by atoms with Crippen LogP contribution in [0.2, 0.25) is 0 Å². The van der Waals surface area contributed by atoms with E-state index < -0.39 is 29.7 Å². The van der Waals surface area contributed by atoms with Crippen LogP contribution in [0, 0.1) is 23.5 Å². The zero-order valence-electron chi connectivity index (χ0n) is 14.1. The predicted molar refractivity (Wildman–Crippen MR) is 84.5 cm³/mol. The Hall–Kier alpha value is -2.02. The third-order valence-electron chi connectivity index (χ3n) is 5.28. The Bertz CT molecular complexity index is 699. The molecular formula is C18H21F2NO4. The molecule has 0 saturated heterocycles. The number of amides is 1. The first-order valence-corrected chi connectivity index (χ1v) is 8.44. The van der Waals surface area contributed by atoms with E-state index in [2.05, 4.69) is 0 Å². The molecule has 25 heavy (non-hydrogen) atoms. The highest BCUT2D eigenvalue weighted by Gasteiger charge is 2.35. The highest BCUT2D eigenvalue weighted by Crippen LogP contribution is 2.34. The highest BCUT2D eigenvalue weighted by molar-refractivity contribution is 5.98. The molecule has 0 radical (unpaired) electrons. The van der Waals surface area contributed by atoms with Crippen LogP contribution in [0.1, 0.15) is 47.2 Å². The van der Waals surface area contributed by atoms with Gasteiger partial charge in [0, 0.05) is 18.7 Å². The molecule has 0 aromatic heterocycles. The minimum Gasteiger partial charge on any atom is -0.469 e. The first-order valence-electron chi connectivity index (χ1n) is 8.44. The minimum atomic E-state index is -0.959. The van der Waals surface area contributed by atoms with Gasteiger partial charge in [-0.05, 0) is 43.2 Å². The molecule has 0 spiro atoms. The number of nitrogens with zero attached hydrogens (tertiary/aromatic N) is 1. The number of ether oxygens (including phenoxy) is 1. The number of aliphatic hydroxyl groups is 1. The zero-order valence-corrected chi connectivity index (χ0v) is 14.1. The van der Waals surface area contributed by atoms with Crippen molar-refractivity contribution in [2.45, 2.75) is 38.8 Å². The molecule has 0 bridgehead atoms. The fourth-order valence-electron chi connectivity index (χ4n) is 3.85. The molecule has 5 nitrogen and oxygen atoms in total. The van der Waals surface area contributed by atoms with Crippen LogP contribution in [0.4, 0.5) is 8.78 Å². The molecule has 1 fully saturated rings. The van der Waals surface area contributed by atoms with Crippen molar-refractivity contribution >= 4 is 11.9 Å². The molecule has 1 aromatic carbocycles. The maximum atomic E-state index is 14.3. The van der Waals surface area contributed by atoms with Gasteiger partial charge in [0.1, 0.15) is 11.6 Å². The van der Waals surface area contributed by atoms with E-state index in [1.165, 1.54) is 12.0 Å². The minimum absolute atomic E-state index is 0.0913. The molecule has 1 aromatic rings. The lowest BCUT2D eigenvalue weighted by Crippen LogP contribution is -2.33. The number of hydrogen-bond donors (Lipinski definition) is 1. The average molecular weight is 353 g/mol. The van der Waals surface area contributed by atoms with Crippen molar-refractivity contribution in [2.24, 2.45) is 11.8 Å². The number of aliphatic hydroxyl groups excluding tert-OH is 1. The fraction of sp³-hybridized carbons (Fsp3) is 0.556. The summed E-state index contributed by atoms with van der Waals surface area (Å²) in [5.74, 6) is -2.31. The van der Waals surface area contributed by atoms with Crippen LogP contribution in [0.3, 0.4) is 0 Å². The topological polar surface area (TPSA) is 66.8 Å². The summed E-state index contributed by atoms with van der Waals surface area (Å²) in [4.78, 5) is 25.6. The second kappa shape index (κ2) is 7.07. The Morgan fingerprint density at radius 3 is 2.60 bits per heavy atom. The SMILES string of the molecule is COC(=O)C1CCC(CN2Cc3cc(F)c(CO)c(F)c3C2=O)CC1. The molecule has 1 amide bonds. The van der Waals surface area contributed by atoms with Crippen LogP contribution >= 0.6 is 0 Å². The van der Waals surface area contributed by atoms with Crippen molar-refractivity contribution in [3.8, 4) is 0 Å². The molecule has 2 aliphatic rings. The van der Waals surface area contributed by atoms with Crippen LogP contribution < -0.4 is 0 Å². The summed E-state index contributed by atoms with van der Waals surface area (Å²) >= 11 is 0. The van der Waals surface area contributed by atoms with E-state index in [1.54, 1.807) is 0 Å². The first kappa shape index (κ1) is 17.8. The molecule has 1 saturated carbocycles. The summed E-state index contributed by atoms with van der Waals surface area (Å²) < 4.78 is 32.9. The molecule has 1 N–H and O–H groups in total. The van der Waals surface area contributed by atoms with Crippen molar-refractivity contribution in [1.29, 1.82) is 0 Å². The molecule has 136 valence electrons. The van der Waals surface area contributed by atoms with E-state index in [0.717, 1.165) is 18.9 Å². The summed E-state index contributed by atoms with van der Waals surface area (Å²) in [5.41, 5.74) is -0.276. The second-order valence-electron chi connectivity index (χ2n) is 6.77. The van der Waals surface area contributed by atoms with Crippen molar-refractivity contribution < 1.29 is 28.2 Å². The number of hydrogen-bond acceptors (Lipinski definition) is 4. The lowest BCUT2D eigenvalue weighted by Gasteiger charge is -2.30. The number of halogens is 2. The Balaban J connectivity index is 1.67. The number of benzene rings is 1. The smallest absolute Gasteiger partial charge is 0.308 e. The number of methoxy groups -OCH3 is 1. The van der Waals surface area contributed by atoms with Gasteiger partial charge in [0.25, 0.3) is 5.91 Å². The molecule has 0 unspecified atom stereocenters. The van der Waals surface area contributed by atoms with E-state index in [0.29, 0.717) is 24.9 Å². The summed E-state index contributed by atoms with van der Waals surface area (Å²) in [6.07, 6.45) is 3.01. The summed E-state index contributed by atoms with van der Waals surface area (Å²) in [6, 6.07) is 1.13. The maximum absolute atomic E-state index is 14.3. The van der Waals surface area contributed by atoms with Gasteiger partial charge < -0.3 is 14.7 Å². The van der Waals surface area contributed by atoms with E-state index in [-0.39, 0.29) is 29.9 Å². The lowest BCUT2D eigenvalue weighted by molar-refractivity contribution is -0.146. The first-order chi connectivity index (χ1) is 12.0. The Morgan fingerprint density at radius 1 is 1.32 bits per heavy atom. The van der Waals surface area contributed by atoms with E-state index >= 15 is 0 Å². The van der Waals surface area contributed by atoms with Crippen molar-refractivity contribution in [3.05, 3.63) is 34.4 Å². The molecule has 3 rings (SSSR count). The van der Waals surface area contributed by atoms with Crippen LogP contribution in [-0.4, -0.2) is 35.5 Å². The predicted octanol–water partition coefficient (Wildman–Crippen LogP) is 2.39. The van der Waals surface area contributed by atoms with Gasteiger partial charge in [-0.2, -0.15) is 0 Å². The molecule has 0 atom stereocenters. The van der Waals surface area contributed by atoms with Gasteiger partial charge in [0.05, 0.1) is 25.2 Å². The number of esters is 1. The monoisotopic (exact) mass is 353 g/mol. The summed E-state index contributed by atoms with van der Waals surface area (Å²) in [6.45, 7) is -0.155. The molecule has 1 aliphatic heterocycles. The van der Waals surface area contributed by atoms with Gasteiger partial charge in [-0.1, -0.05) is 0 Å². The van der Waals surface area contributed by atoms with Crippen LogP contribution in [-0.2, 0) is 22.7 Å². The third kappa shape index (κ3) is 3.25. The standard InChI is InChI=1S/C18H21F2NO4/c1-25-18(24)11-4-2-10(3-5-11)7-21-8-12-6-14(19)13(9-22)16(20)15(12)17(21)23/h6,10-11,22H,2-5,7-9H2,1H3. The molecule has 7 heteroatoms. The number of carbonyl (C=O) groups is 2. The lowest BCUT2D eigenvalue weighted by atomic mass is 9.82. The second-order valence-corrected chi connectivity index (χ2v) is 6.77. The third-order valence-corrected chi connectivity index (χ3v) is 5.28. The van der Waals surface area contributed by atoms with Gasteiger partial charge in [0.2, 0.25) is 0 Å². The average Bonchev–Trinajstić information content (AvgIpc) is 2.90. The highest BCUT2D eigenvalue weighted by atomic mass is 19.1.